The molecule has 0 spiro atoms. The van der Waals surface area contributed by atoms with Gasteiger partial charge in [-0.15, -0.1) is 5.10 Å². The maximum Gasteiger partial charge on any atom is 0.100 e. The van der Waals surface area contributed by atoms with Crippen LogP contribution in [-0.2, 0) is 0 Å². The standard InChI is InChI=1S/C34H30N3P/c1-27(36-37-34(28-14-6-2-7-15-28)29-22-24-30(35)25-23-29)26-38(31-16-8-3-9-17-31,32-18-10-4-11-19-32)33-20-12-5-13-21-33/h2-26H,35H2,1H3. The van der Waals surface area contributed by atoms with E-state index >= 15 is 0 Å². The zero-order valence-electron chi connectivity index (χ0n) is 21.4. The van der Waals surface area contributed by atoms with E-state index in [0.29, 0.717) is 0 Å². The zero-order valence-corrected chi connectivity index (χ0v) is 22.2. The Balaban J connectivity index is 1.74. The van der Waals surface area contributed by atoms with Gasteiger partial charge in [-0.25, -0.2) is 0 Å². The van der Waals surface area contributed by atoms with Crippen LogP contribution in [0.3, 0.4) is 0 Å². The molecule has 0 fully saturated rings. The Hall–Kier alpha value is -4.46. The maximum atomic E-state index is 5.95. The number of benzene rings is 5. The van der Waals surface area contributed by atoms with Crippen molar-refractivity contribution >= 4 is 45.7 Å². The van der Waals surface area contributed by atoms with Gasteiger partial charge < -0.3 is 5.73 Å². The molecule has 186 valence electrons. The molecule has 0 atom stereocenters. The van der Waals surface area contributed by atoms with E-state index in [1.165, 1.54) is 15.9 Å². The first-order chi connectivity index (χ1) is 18.7. The summed E-state index contributed by atoms with van der Waals surface area (Å²) in [6.45, 7) is -0.121. The minimum atomic E-state index is -2.16. The third-order valence-electron chi connectivity index (χ3n) is 6.41. The third-order valence-corrected chi connectivity index (χ3v) is 10.5. The molecule has 2 N–H and O–H groups in total. The van der Waals surface area contributed by atoms with Crippen LogP contribution >= 0.6 is 6.89 Å². The summed E-state index contributed by atoms with van der Waals surface area (Å²) in [4.78, 5) is 0. The van der Waals surface area contributed by atoms with Crippen molar-refractivity contribution in [3.8, 4) is 0 Å². The Labute approximate surface area is 225 Å². The SMILES string of the molecule is CC(C=P(c1ccccc1)(c1ccccc1)c1ccccc1)=NN=C(c1ccccc1)c1ccc(N)cc1. The average molecular weight is 512 g/mol. The first kappa shape index (κ1) is 25.2. The van der Waals surface area contributed by atoms with Gasteiger partial charge >= 0.3 is 0 Å². The maximum absolute atomic E-state index is 5.95. The van der Waals surface area contributed by atoms with Crippen molar-refractivity contribution in [2.75, 3.05) is 5.73 Å². The van der Waals surface area contributed by atoms with Crippen LogP contribution < -0.4 is 21.6 Å². The molecular formula is C34H30N3P. The van der Waals surface area contributed by atoms with Gasteiger partial charge in [0.15, 0.2) is 0 Å². The van der Waals surface area contributed by atoms with E-state index < -0.39 is 6.89 Å². The molecular weight excluding hydrogens is 481 g/mol. The van der Waals surface area contributed by atoms with Gasteiger partial charge in [0.1, 0.15) is 5.71 Å². The summed E-state index contributed by atoms with van der Waals surface area (Å²) in [7, 11) is 0. The number of nitrogen functional groups attached to an aromatic ring is 1. The zero-order chi connectivity index (χ0) is 26.2. The fraction of sp³-hybridized carbons (Fsp3) is 0.0294. The van der Waals surface area contributed by atoms with Crippen LogP contribution in [0.15, 0.2) is 156 Å². The van der Waals surface area contributed by atoms with E-state index in [9.17, 15) is 0 Å². The molecule has 3 nitrogen and oxygen atoms in total. The van der Waals surface area contributed by atoms with Crippen LogP contribution in [0.2, 0.25) is 0 Å². The van der Waals surface area contributed by atoms with E-state index in [0.717, 1.165) is 28.2 Å². The fourth-order valence-electron chi connectivity index (χ4n) is 4.61. The van der Waals surface area contributed by atoms with E-state index in [4.69, 9.17) is 15.9 Å². The van der Waals surface area contributed by atoms with Crippen molar-refractivity contribution in [2.24, 2.45) is 10.2 Å². The van der Waals surface area contributed by atoms with Gasteiger partial charge in [0.05, 0.1) is 5.71 Å². The molecule has 5 aromatic rings. The van der Waals surface area contributed by atoms with Crippen LogP contribution in [0.4, 0.5) is 5.69 Å². The van der Waals surface area contributed by atoms with Crippen molar-refractivity contribution in [2.45, 2.75) is 6.92 Å². The Bertz CT molecular complexity index is 1490. The largest absolute Gasteiger partial charge is 0.399 e. The molecule has 5 aromatic carbocycles. The predicted octanol–water partition coefficient (Wildman–Crippen LogP) is 6.28. The van der Waals surface area contributed by atoms with Crippen LogP contribution in [0.1, 0.15) is 18.1 Å². The van der Waals surface area contributed by atoms with Crippen molar-refractivity contribution in [3.63, 3.8) is 0 Å². The van der Waals surface area contributed by atoms with Crippen LogP contribution in [-0.4, -0.2) is 17.2 Å². The normalized spacial score (nSPS) is 12.2. The average Bonchev–Trinajstić information content (AvgIpc) is 2.99. The lowest BCUT2D eigenvalue weighted by atomic mass is 10.0. The lowest BCUT2D eigenvalue weighted by Gasteiger charge is -2.28. The number of anilines is 1. The first-order valence-electron chi connectivity index (χ1n) is 12.6. The van der Waals surface area contributed by atoms with Gasteiger partial charge in [-0.1, -0.05) is 133 Å². The minimum Gasteiger partial charge on any atom is -0.399 e. The molecule has 0 saturated heterocycles. The number of nitrogens with zero attached hydrogens (tertiary/aromatic N) is 2. The summed E-state index contributed by atoms with van der Waals surface area (Å²) >= 11 is 0. The van der Waals surface area contributed by atoms with E-state index in [-0.39, 0.29) is 0 Å². The van der Waals surface area contributed by atoms with Gasteiger partial charge in [-0.2, -0.15) is 5.10 Å². The van der Waals surface area contributed by atoms with Gasteiger partial charge in [0, 0.05) is 16.8 Å². The topological polar surface area (TPSA) is 50.7 Å². The number of rotatable bonds is 7. The molecule has 4 heteroatoms. The second-order valence-electron chi connectivity index (χ2n) is 9.04. The fourth-order valence-corrected chi connectivity index (χ4v) is 8.50. The molecule has 0 heterocycles. The summed E-state index contributed by atoms with van der Waals surface area (Å²) in [5, 5.41) is 13.4. The van der Waals surface area contributed by atoms with Crippen molar-refractivity contribution < 1.29 is 0 Å². The van der Waals surface area contributed by atoms with Gasteiger partial charge in [0.25, 0.3) is 0 Å². The highest BCUT2D eigenvalue weighted by Gasteiger charge is 2.25. The smallest absolute Gasteiger partial charge is 0.100 e. The summed E-state index contributed by atoms with van der Waals surface area (Å²) in [5.74, 6) is 2.34. The molecule has 5 rings (SSSR count). The first-order valence-corrected chi connectivity index (χ1v) is 14.5. The number of nitrogens with two attached hydrogens (primary N) is 1. The summed E-state index contributed by atoms with van der Waals surface area (Å²) in [5.41, 5.74) is 10.3. The summed E-state index contributed by atoms with van der Waals surface area (Å²) in [6, 6.07) is 50.2. The molecule has 0 radical (unpaired) electrons. The lowest BCUT2D eigenvalue weighted by Crippen LogP contribution is -2.28. The Morgan fingerprint density at radius 3 is 1.37 bits per heavy atom. The third kappa shape index (κ3) is 5.44. The van der Waals surface area contributed by atoms with Crippen molar-refractivity contribution in [3.05, 3.63) is 157 Å². The van der Waals surface area contributed by atoms with Crippen molar-refractivity contribution in [1.29, 1.82) is 0 Å². The molecule has 0 amide bonds. The molecule has 0 bridgehead atoms. The Morgan fingerprint density at radius 1 is 0.526 bits per heavy atom. The minimum absolute atomic E-state index is 0.720. The molecule has 0 unspecified atom stereocenters. The van der Waals surface area contributed by atoms with Gasteiger partial charge in [-0.05, 0) is 47.7 Å². The van der Waals surface area contributed by atoms with Crippen LogP contribution in [0.25, 0.3) is 0 Å². The lowest BCUT2D eigenvalue weighted by molar-refractivity contribution is 1.23. The Morgan fingerprint density at radius 2 is 0.921 bits per heavy atom. The quantitative estimate of drug-likeness (QED) is 0.119. The van der Waals surface area contributed by atoms with E-state index in [2.05, 4.69) is 109 Å². The molecule has 0 aromatic heterocycles. The predicted molar refractivity (Wildman–Crippen MR) is 167 cm³/mol. The van der Waals surface area contributed by atoms with Gasteiger partial charge in [0.2, 0.25) is 0 Å². The highest BCUT2D eigenvalue weighted by molar-refractivity contribution is 7.95. The van der Waals surface area contributed by atoms with Crippen molar-refractivity contribution in [1.82, 2.24) is 0 Å². The number of hydrogen-bond acceptors (Lipinski definition) is 3. The summed E-state index contributed by atoms with van der Waals surface area (Å²) in [6.07, 6.45) is 0. The van der Waals surface area contributed by atoms with Gasteiger partial charge in [-0.3, -0.25) is 0 Å². The van der Waals surface area contributed by atoms with E-state index in [1.54, 1.807) is 0 Å². The van der Waals surface area contributed by atoms with E-state index in [1.807, 2.05) is 49.4 Å². The molecule has 38 heavy (non-hydrogen) atoms. The van der Waals surface area contributed by atoms with Crippen LogP contribution in [0, 0.1) is 0 Å². The molecule has 0 saturated carbocycles. The second-order valence-corrected chi connectivity index (χ2v) is 12.3. The monoisotopic (exact) mass is 511 g/mol. The Kier molecular flexibility index (Phi) is 7.78. The second kappa shape index (κ2) is 11.7. The molecule has 0 aliphatic rings. The van der Waals surface area contributed by atoms with Crippen LogP contribution in [0.5, 0.6) is 0 Å². The highest BCUT2D eigenvalue weighted by atomic mass is 31.2. The number of hydrogen-bond donors (Lipinski definition) is 1. The molecule has 0 aliphatic carbocycles. The molecule has 0 aliphatic heterocycles. The highest BCUT2D eigenvalue weighted by Crippen LogP contribution is 2.43. The summed E-state index contributed by atoms with van der Waals surface area (Å²) < 4.78 is 0.